The van der Waals surface area contributed by atoms with E-state index in [-0.39, 0.29) is 24.0 Å². The molecule has 1 atom stereocenters. The summed E-state index contributed by atoms with van der Waals surface area (Å²) in [6.07, 6.45) is 3.49. The van der Waals surface area contributed by atoms with Crippen molar-refractivity contribution in [2.24, 2.45) is 10.9 Å². The highest BCUT2D eigenvalue weighted by atomic mass is 127. The average Bonchev–Trinajstić information content (AvgIpc) is 2.70. The summed E-state index contributed by atoms with van der Waals surface area (Å²) in [4.78, 5) is 9.81. The molecule has 1 unspecified atom stereocenters. The second kappa shape index (κ2) is 15.6. The fourth-order valence-corrected chi connectivity index (χ4v) is 3.64. The summed E-state index contributed by atoms with van der Waals surface area (Å²) in [5.74, 6) is 1.61. The van der Waals surface area contributed by atoms with Crippen LogP contribution in [0.3, 0.4) is 0 Å². The molecule has 2 saturated heterocycles. The maximum Gasteiger partial charge on any atom is 0.193 e. The first-order valence-corrected chi connectivity index (χ1v) is 10.7. The minimum Gasteiger partial charge on any atom is -0.385 e. The van der Waals surface area contributed by atoms with Crippen LogP contribution in [0.4, 0.5) is 0 Å². The maximum absolute atomic E-state index is 5.97. The minimum absolute atomic E-state index is 0. The van der Waals surface area contributed by atoms with Crippen molar-refractivity contribution in [1.82, 2.24) is 15.1 Å². The van der Waals surface area contributed by atoms with E-state index in [2.05, 4.69) is 29.0 Å². The predicted molar refractivity (Wildman–Crippen MR) is 125 cm³/mol. The Morgan fingerprint density at radius 1 is 1.18 bits per heavy atom. The van der Waals surface area contributed by atoms with Crippen molar-refractivity contribution in [2.75, 3.05) is 79.4 Å². The van der Waals surface area contributed by atoms with Gasteiger partial charge in [-0.3, -0.25) is 9.89 Å². The summed E-state index contributed by atoms with van der Waals surface area (Å²) in [7, 11) is 1.74. The average molecular weight is 512 g/mol. The number of methoxy groups -OCH3 is 1. The Balaban J connectivity index is 0.00000392. The molecule has 2 rings (SSSR count). The lowest BCUT2D eigenvalue weighted by molar-refractivity contribution is 0.00987. The summed E-state index contributed by atoms with van der Waals surface area (Å²) in [6.45, 7) is 14.7. The lowest BCUT2D eigenvalue weighted by atomic mass is 10.1. The lowest BCUT2D eigenvalue weighted by Gasteiger charge is -2.34. The van der Waals surface area contributed by atoms with Gasteiger partial charge >= 0.3 is 0 Å². The van der Waals surface area contributed by atoms with E-state index in [1.165, 1.54) is 0 Å². The molecule has 0 amide bonds. The number of piperidine rings is 1. The van der Waals surface area contributed by atoms with Crippen molar-refractivity contribution in [3.05, 3.63) is 0 Å². The van der Waals surface area contributed by atoms with Crippen molar-refractivity contribution in [2.45, 2.75) is 39.2 Å². The number of ether oxygens (including phenoxy) is 3. The van der Waals surface area contributed by atoms with Gasteiger partial charge in [-0.1, -0.05) is 6.92 Å². The first-order chi connectivity index (χ1) is 13.2. The lowest BCUT2D eigenvalue weighted by Crippen LogP contribution is -2.47. The van der Waals surface area contributed by atoms with Crippen molar-refractivity contribution in [1.29, 1.82) is 0 Å². The fourth-order valence-electron chi connectivity index (χ4n) is 3.64. The Bertz CT molecular complexity index is 414. The van der Waals surface area contributed by atoms with Gasteiger partial charge < -0.3 is 24.4 Å². The molecular formula is C20H41IN4O3. The molecule has 1 N–H and O–H groups in total. The quantitative estimate of drug-likeness (QED) is 0.209. The highest BCUT2D eigenvalue weighted by Crippen LogP contribution is 2.14. The predicted octanol–water partition coefficient (Wildman–Crippen LogP) is 2.06. The molecule has 0 saturated carbocycles. The van der Waals surface area contributed by atoms with Gasteiger partial charge in [0.25, 0.3) is 0 Å². The van der Waals surface area contributed by atoms with Crippen LogP contribution in [0.1, 0.15) is 33.1 Å². The van der Waals surface area contributed by atoms with Gasteiger partial charge in [-0.2, -0.15) is 0 Å². The molecule has 0 aromatic carbocycles. The summed E-state index contributed by atoms with van der Waals surface area (Å²) in [6, 6.07) is 0. The first-order valence-electron chi connectivity index (χ1n) is 10.7. The van der Waals surface area contributed by atoms with Crippen LogP contribution in [0, 0.1) is 5.92 Å². The number of likely N-dealkylation sites (tertiary alicyclic amines) is 1. The van der Waals surface area contributed by atoms with Gasteiger partial charge in [0.05, 0.1) is 19.3 Å². The van der Waals surface area contributed by atoms with E-state index >= 15 is 0 Å². The zero-order valence-electron chi connectivity index (χ0n) is 18.0. The number of nitrogens with zero attached hydrogens (tertiary/aromatic N) is 3. The summed E-state index contributed by atoms with van der Waals surface area (Å²) in [5, 5.41) is 3.47. The van der Waals surface area contributed by atoms with E-state index in [0.29, 0.717) is 12.0 Å². The van der Waals surface area contributed by atoms with Crippen LogP contribution in [0.15, 0.2) is 4.99 Å². The van der Waals surface area contributed by atoms with Crippen LogP contribution in [0.5, 0.6) is 0 Å². The van der Waals surface area contributed by atoms with Crippen LogP contribution in [-0.2, 0) is 14.2 Å². The number of nitrogens with one attached hydrogen (secondary N) is 1. The van der Waals surface area contributed by atoms with Gasteiger partial charge in [0.2, 0.25) is 0 Å². The van der Waals surface area contributed by atoms with Gasteiger partial charge in [0.15, 0.2) is 5.96 Å². The molecule has 0 aliphatic carbocycles. The number of guanidine groups is 1. The molecular weight excluding hydrogens is 471 g/mol. The standard InChI is InChI=1S/C20H40N4O3.HI/c1-4-21-20(22-16-18(2)17-23-10-14-26-15-11-23)24-8-6-19(7-9-24)27-13-5-12-25-3;/h18-19H,4-17H2,1-3H3,(H,21,22);1H. The Morgan fingerprint density at radius 3 is 2.54 bits per heavy atom. The molecule has 2 fully saturated rings. The third-order valence-electron chi connectivity index (χ3n) is 5.15. The van der Waals surface area contributed by atoms with Gasteiger partial charge in [0.1, 0.15) is 0 Å². The van der Waals surface area contributed by atoms with E-state index in [9.17, 15) is 0 Å². The van der Waals surface area contributed by atoms with Crippen LogP contribution in [0.25, 0.3) is 0 Å². The molecule has 7 nitrogen and oxygen atoms in total. The Morgan fingerprint density at radius 2 is 1.89 bits per heavy atom. The molecule has 0 spiro atoms. The van der Waals surface area contributed by atoms with Gasteiger partial charge in [-0.05, 0) is 32.1 Å². The monoisotopic (exact) mass is 512 g/mol. The van der Waals surface area contributed by atoms with Crippen LogP contribution < -0.4 is 5.32 Å². The van der Waals surface area contributed by atoms with Gasteiger partial charge in [0, 0.05) is 66.1 Å². The van der Waals surface area contributed by atoms with E-state index in [1.54, 1.807) is 7.11 Å². The molecule has 28 heavy (non-hydrogen) atoms. The van der Waals surface area contributed by atoms with Crippen molar-refractivity contribution >= 4 is 29.9 Å². The van der Waals surface area contributed by atoms with E-state index in [4.69, 9.17) is 19.2 Å². The van der Waals surface area contributed by atoms with Crippen LogP contribution in [-0.4, -0.2) is 101 Å². The number of rotatable bonds is 10. The molecule has 0 radical (unpaired) electrons. The van der Waals surface area contributed by atoms with Crippen LogP contribution >= 0.6 is 24.0 Å². The second-order valence-electron chi connectivity index (χ2n) is 7.62. The first kappa shape index (κ1) is 25.9. The van der Waals surface area contributed by atoms with Gasteiger partial charge in [-0.25, -0.2) is 0 Å². The number of halogens is 1. The zero-order valence-corrected chi connectivity index (χ0v) is 20.4. The normalized spacial score (nSPS) is 20.7. The Hall–Kier alpha value is -0.160. The Kier molecular flexibility index (Phi) is 14.5. The van der Waals surface area contributed by atoms with Crippen LogP contribution in [0.2, 0.25) is 0 Å². The summed E-state index contributed by atoms with van der Waals surface area (Å²) < 4.78 is 16.5. The maximum atomic E-state index is 5.97. The smallest absolute Gasteiger partial charge is 0.193 e. The van der Waals surface area contributed by atoms with Crippen molar-refractivity contribution < 1.29 is 14.2 Å². The second-order valence-corrected chi connectivity index (χ2v) is 7.62. The molecule has 2 aliphatic heterocycles. The molecule has 2 aliphatic rings. The highest BCUT2D eigenvalue weighted by Gasteiger charge is 2.22. The summed E-state index contributed by atoms with van der Waals surface area (Å²) in [5.41, 5.74) is 0. The SMILES string of the molecule is CCNC(=NCC(C)CN1CCOCC1)N1CCC(OCCCOC)CC1.I. The number of morpholine rings is 1. The summed E-state index contributed by atoms with van der Waals surface area (Å²) >= 11 is 0. The van der Waals surface area contributed by atoms with Crippen molar-refractivity contribution in [3.63, 3.8) is 0 Å². The molecule has 0 aromatic rings. The topological polar surface area (TPSA) is 58.6 Å². The molecule has 2 heterocycles. The minimum atomic E-state index is 0. The number of aliphatic imine (C=N–C) groups is 1. The molecule has 0 bridgehead atoms. The van der Waals surface area contributed by atoms with E-state index < -0.39 is 0 Å². The molecule has 166 valence electrons. The van der Waals surface area contributed by atoms with E-state index in [1.807, 2.05) is 0 Å². The van der Waals surface area contributed by atoms with Gasteiger partial charge in [-0.15, -0.1) is 24.0 Å². The molecule has 0 aromatic heterocycles. The Labute approximate surface area is 188 Å². The fraction of sp³-hybridized carbons (Fsp3) is 0.950. The largest absolute Gasteiger partial charge is 0.385 e. The highest BCUT2D eigenvalue weighted by molar-refractivity contribution is 14.0. The third kappa shape index (κ3) is 10.0. The van der Waals surface area contributed by atoms with Crippen molar-refractivity contribution in [3.8, 4) is 0 Å². The van der Waals surface area contributed by atoms with E-state index in [0.717, 1.165) is 97.5 Å². The third-order valence-corrected chi connectivity index (χ3v) is 5.15. The number of hydrogen-bond donors (Lipinski definition) is 1. The number of hydrogen-bond acceptors (Lipinski definition) is 5. The molecule has 8 heteroatoms. The zero-order chi connectivity index (χ0) is 19.3.